The van der Waals surface area contributed by atoms with Crippen LogP contribution in [0.5, 0.6) is 0 Å². The van der Waals surface area contributed by atoms with Gasteiger partial charge in [0, 0.05) is 13.7 Å². The van der Waals surface area contributed by atoms with E-state index in [-0.39, 0.29) is 23.8 Å². The fourth-order valence-electron chi connectivity index (χ4n) is 1.21. The van der Waals surface area contributed by atoms with Crippen LogP contribution in [0.1, 0.15) is 16.2 Å². The number of aromatic nitrogens is 2. The summed E-state index contributed by atoms with van der Waals surface area (Å²) in [5.74, 6) is -0.787. The van der Waals surface area contributed by atoms with Crippen molar-refractivity contribution in [2.45, 2.75) is 6.92 Å². The van der Waals surface area contributed by atoms with E-state index in [1.807, 2.05) is 0 Å². The van der Waals surface area contributed by atoms with Crippen LogP contribution in [0.2, 0.25) is 0 Å². The largest absolute Gasteiger partial charge is 0.395 e. The normalized spacial score (nSPS) is 10.1. The number of aromatic amines is 1. The van der Waals surface area contributed by atoms with Crippen LogP contribution in [0.3, 0.4) is 0 Å². The summed E-state index contributed by atoms with van der Waals surface area (Å²) < 4.78 is 4.77. The Morgan fingerprint density at radius 2 is 2.17 bits per heavy atom. The van der Waals surface area contributed by atoms with Crippen molar-refractivity contribution < 1.29 is 14.3 Å². The molecule has 0 aliphatic carbocycles. The summed E-state index contributed by atoms with van der Waals surface area (Å²) in [5, 5.41) is 11.3. The van der Waals surface area contributed by atoms with Crippen molar-refractivity contribution in [3.8, 4) is 0 Å². The van der Waals surface area contributed by atoms with E-state index in [1.165, 1.54) is 7.11 Å². The number of methoxy groups -OCH3 is 1. The van der Waals surface area contributed by atoms with Crippen LogP contribution in [0.15, 0.2) is 0 Å². The van der Waals surface area contributed by atoms with Gasteiger partial charge in [0.1, 0.15) is 0 Å². The molecule has 5 N–H and O–H groups in total. The van der Waals surface area contributed by atoms with Crippen LogP contribution in [-0.2, 0) is 9.53 Å². The van der Waals surface area contributed by atoms with Gasteiger partial charge in [-0.2, -0.15) is 5.10 Å². The van der Waals surface area contributed by atoms with Crippen molar-refractivity contribution >= 4 is 17.5 Å². The second-order valence-corrected chi connectivity index (χ2v) is 3.64. The number of hydrogen-bond acceptors (Lipinski definition) is 5. The predicted molar refractivity (Wildman–Crippen MR) is 65.0 cm³/mol. The molecule has 0 saturated carbocycles. The van der Waals surface area contributed by atoms with Crippen molar-refractivity contribution in [2.75, 3.05) is 32.5 Å². The van der Waals surface area contributed by atoms with Crippen LogP contribution in [0.25, 0.3) is 0 Å². The van der Waals surface area contributed by atoms with E-state index in [2.05, 4.69) is 20.8 Å². The van der Waals surface area contributed by atoms with Gasteiger partial charge in [-0.25, -0.2) is 0 Å². The summed E-state index contributed by atoms with van der Waals surface area (Å²) in [4.78, 5) is 22.9. The van der Waals surface area contributed by atoms with Crippen molar-refractivity contribution in [2.24, 2.45) is 0 Å². The lowest BCUT2D eigenvalue weighted by atomic mass is 10.3. The van der Waals surface area contributed by atoms with E-state index in [0.717, 1.165) is 0 Å². The molecule has 1 heterocycles. The van der Waals surface area contributed by atoms with Gasteiger partial charge in [0.15, 0.2) is 5.69 Å². The maximum absolute atomic E-state index is 11.6. The molecule has 1 aromatic heterocycles. The highest BCUT2D eigenvalue weighted by atomic mass is 16.5. The average molecular weight is 255 g/mol. The third-order valence-corrected chi connectivity index (χ3v) is 2.25. The van der Waals surface area contributed by atoms with Crippen LogP contribution >= 0.6 is 0 Å². The number of carbonyl (C=O) groups excluding carboxylic acids is 2. The Balaban J connectivity index is 2.37. The van der Waals surface area contributed by atoms with Gasteiger partial charge in [0.05, 0.1) is 24.5 Å². The van der Waals surface area contributed by atoms with Gasteiger partial charge >= 0.3 is 0 Å². The van der Waals surface area contributed by atoms with Gasteiger partial charge in [-0.3, -0.25) is 14.7 Å². The number of nitrogens with zero attached hydrogens (tertiary/aromatic N) is 1. The molecular formula is C10H17N5O3. The SMILES string of the molecule is COCCNC(=O)CNC(=O)c1n[nH]c(C)c1N. The van der Waals surface area contributed by atoms with Crippen LogP contribution in [-0.4, -0.2) is 48.8 Å². The lowest BCUT2D eigenvalue weighted by molar-refractivity contribution is -0.120. The van der Waals surface area contributed by atoms with E-state index in [0.29, 0.717) is 18.8 Å². The van der Waals surface area contributed by atoms with Crippen molar-refractivity contribution in [1.82, 2.24) is 20.8 Å². The summed E-state index contributed by atoms with van der Waals surface area (Å²) in [6.07, 6.45) is 0. The number of H-pyrrole nitrogens is 1. The highest BCUT2D eigenvalue weighted by molar-refractivity contribution is 5.99. The number of anilines is 1. The minimum Gasteiger partial charge on any atom is -0.395 e. The van der Waals surface area contributed by atoms with Crippen LogP contribution < -0.4 is 16.4 Å². The summed E-state index contributed by atoms with van der Waals surface area (Å²) in [6.45, 7) is 2.39. The molecule has 0 bridgehead atoms. The molecule has 100 valence electrons. The molecule has 1 aromatic rings. The van der Waals surface area contributed by atoms with Gasteiger partial charge in [-0.05, 0) is 6.92 Å². The third-order valence-electron chi connectivity index (χ3n) is 2.25. The zero-order chi connectivity index (χ0) is 13.5. The van der Waals surface area contributed by atoms with Gasteiger partial charge in [-0.15, -0.1) is 0 Å². The number of hydrogen-bond donors (Lipinski definition) is 4. The van der Waals surface area contributed by atoms with Crippen LogP contribution in [0.4, 0.5) is 5.69 Å². The van der Waals surface area contributed by atoms with E-state index in [1.54, 1.807) is 6.92 Å². The predicted octanol–water partition coefficient (Wildman–Crippen LogP) is -1.21. The van der Waals surface area contributed by atoms with Gasteiger partial charge in [0.25, 0.3) is 5.91 Å². The second kappa shape index (κ2) is 6.60. The molecule has 0 unspecified atom stereocenters. The average Bonchev–Trinajstić information content (AvgIpc) is 2.67. The molecule has 0 aliphatic rings. The van der Waals surface area contributed by atoms with Crippen LogP contribution in [0, 0.1) is 6.92 Å². The Morgan fingerprint density at radius 1 is 1.44 bits per heavy atom. The summed E-state index contributed by atoms with van der Waals surface area (Å²) in [6, 6.07) is 0. The zero-order valence-electron chi connectivity index (χ0n) is 10.4. The second-order valence-electron chi connectivity index (χ2n) is 3.64. The van der Waals surface area contributed by atoms with E-state index in [4.69, 9.17) is 10.5 Å². The molecule has 0 radical (unpaired) electrons. The summed E-state index contributed by atoms with van der Waals surface area (Å²) in [7, 11) is 1.54. The number of rotatable bonds is 6. The molecular weight excluding hydrogens is 238 g/mol. The quantitative estimate of drug-likeness (QED) is 0.475. The van der Waals surface area contributed by atoms with Gasteiger partial charge in [-0.1, -0.05) is 0 Å². The highest BCUT2D eigenvalue weighted by Crippen LogP contribution is 2.11. The lowest BCUT2D eigenvalue weighted by Crippen LogP contribution is -2.38. The summed E-state index contributed by atoms with van der Waals surface area (Å²) in [5.41, 5.74) is 6.63. The number of carbonyl (C=O) groups is 2. The Morgan fingerprint density at radius 3 is 2.72 bits per heavy atom. The Labute approximate surface area is 104 Å². The molecule has 0 aromatic carbocycles. The number of nitrogens with two attached hydrogens (primary N) is 1. The molecule has 1 rings (SSSR count). The van der Waals surface area contributed by atoms with Gasteiger partial charge in [0.2, 0.25) is 5.91 Å². The lowest BCUT2D eigenvalue weighted by Gasteiger charge is -2.05. The monoisotopic (exact) mass is 255 g/mol. The molecule has 8 nitrogen and oxygen atoms in total. The smallest absolute Gasteiger partial charge is 0.274 e. The maximum atomic E-state index is 11.6. The Hall–Kier alpha value is -2.09. The Bertz CT molecular complexity index is 429. The number of nitrogens with one attached hydrogen (secondary N) is 3. The molecule has 0 spiro atoms. The standard InChI is InChI=1S/C10H17N5O3/c1-6-8(11)9(15-14-6)10(17)13-5-7(16)12-3-4-18-2/h3-5,11H2,1-2H3,(H,12,16)(H,13,17)(H,14,15). The first-order valence-electron chi connectivity index (χ1n) is 5.40. The van der Waals surface area contributed by atoms with Gasteiger partial charge < -0.3 is 21.1 Å². The number of nitrogen functional groups attached to an aromatic ring is 1. The van der Waals surface area contributed by atoms with E-state index >= 15 is 0 Å². The van der Waals surface area contributed by atoms with E-state index < -0.39 is 5.91 Å². The molecule has 0 saturated heterocycles. The molecule has 8 heteroatoms. The first kappa shape index (κ1) is 14.0. The maximum Gasteiger partial charge on any atom is 0.274 e. The fraction of sp³-hybridized carbons (Fsp3) is 0.500. The van der Waals surface area contributed by atoms with Crippen molar-refractivity contribution in [3.05, 3.63) is 11.4 Å². The minimum atomic E-state index is -0.487. The first-order chi connectivity index (χ1) is 8.56. The first-order valence-corrected chi connectivity index (χ1v) is 5.40. The number of ether oxygens (including phenoxy) is 1. The van der Waals surface area contributed by atoms with Crippen molar-refractivity contribution in [1.29, 1.82) is 0 Å². The van der Waals surface area contributed by atoms with E-state index in [9.17, 15) is 9.59 Å². The fourth-order valence-corrected chi connectivity index (χ4v) is 1.21. The molecule has 0 atom stereocenters. The highest BCUT2D eigenvalue weighted by Gasteiger charge is 2.15. The molecule has 18 heavy (non-hydrogen) atoms. The molecule has 2 amide bonds. The van der Waals surface area contributed by atoms with Crippen molar-refractivity contribution in [3.63, 3.8) is 0 Å². The molecule has 0 aliphatic heterocycles. The number of aryl methyl sites for hydroxylation is 1. The minimum absolute atomic E-state index is 0.0946. The number of amides is 2. The Kier molecular flexibility index (Phi) is 5.12. The zero-order valence-corrected chi connectivity index (χ0v) is 10.4. The molecule has 0 fully saturated rings. The summed E-state index contributed by atoms with van der Waals surface area (Å²) >= 11 is 0. The topological polar surface area (TPSA) is 122 Å². The third kappa shape index (κ3) is 3.74.